The minimum absolute atomic E-state index is 0.0677. The number of hydrogen-bond donors (Lipinski definition) is 2. The third-order valence-corrected chi connectivity index (χ3v) is 4.01. The number of carbonyl (C=O) groups excluding carboxylic acids is 1. The number of rotatable bonds is 5. The molecule has 0 aliphatic heterocycles. The van der Waals surface area contributed by atoms with Crippen molar-refractivity contribution in [1.82, 2.24) is 15.1 Å². The summed E-state index contributed by atoms with van der Waals surface area (Å²) in [6, 6.07) is 9.97. The molecule has 1 atom stereocenters. The minimum Gasteiger partial charge on any atom is -0.464 e. The van der Waals surface area contributed by atoms with E-state index in [9.17, 15) is 14.4 Å². The SMILES string of the molecule is Cc1ccc(C(C)NC(=O)CCn2[nH]c(=O)c3ccccc3c2=O)o1. The molecule has 0 spiro atoms. The molecule has 7 heteroatoms. The Morgan fingerprint density at radius 2 is 1.92 bits per heavy atom. The fourth-order valence-electron chi connectivity index (χ4n) is 2.69. The number of aromatic amines is 1. The molecule has 0 saturated carbocycles. The first-order valence-electron chi connectivity index (χ1n) is 8.03. The lowest BCUT2D eigenvalue weighted by atomic mass is 10.2. The van der Waals surface area contributed by atoms with Crippen LogP contribution in [0.1, 0.15) is 30.9 Å². The Kier molecular flexibility index (Phi) is 4.56. The summed E-state index contributed by atoms with van der Waals surface area (Å²) >= 11 is 0. The zero-order chi connectivity index (χ0) is 18.0. The van der Waals surface area contributed by atoms with Crippen LogP contribution in [-0.2, 0) is 11.3 Å². The van der Waals surface area contributed by atoms with E-state index in [1.165, 1.54) is 4.68 Å². The second-order valence-electron chi connectivity index (χ2n) is 5.93. The van der Waals surface area contributed by atoms with Crippen LogP contribution in [0, 0.1) is 6.92 Å². The maximum Gasteiger partial charge on any atom is 0.273 e. The molecule has 3 rings (SSSR count). The number of benzene rings is 1. The molecule has 2 heterocycles. The molecule has 0 radical (unpaired) electrons. The number of hydrogen-bond acceptors (Lipinski definition) is 4. The van der Waals surface area contributed by atoms with Gasteiger partial charge in [-0.3, -0.25) is 19.5 Å². The van der Waals surface area contributed by atoms with Crippen molar-refractivity contribution in [3.05, 3.63) is 68.6 Å². The van der Waals surface area contributed by atoms with E-state index in [2.05, 4.69) is 10.4 Å². The van der Waals surface area contributed by atoms with E-state index in [1.54, 1.807) is 24.3 Å². The van der Waals surface area contributed by atoms with E-state index in [4.69, 9.17) is 4.42 Å². The molecule has 0 fully saturated rings. The average Bonchev–Trinajstić information content (AvgIpc) is 3.03. The third kappa shape index (κ3) is 3.55. The molecule has 7 nitrogen and oxygen atoms in total. The molecule has 1 aromatic carbocycles. The molecule has 0 saturated heterocycles. The van der Waals surface area contributed by atoms with Crippen molar-refractivity contribution in [2.75, 3.05) is 0 Å². The van der Waals surface area contributed by atoms with Crippen LogP contribution >= 0.6 is 0 Å². The smallest absolute Gasteiger partial charge is 0.273 e. The largest absolute Gasteiger partial charge is 0.464 e. The van der Waals surface area contributed by atoms with Gasteiger partial charge in [-0.15, -0.1) is 0 Å². The van der Waals surface area contributed by atoms with E-state index in [-0.39, 0.29) is 36.0 Å². The molecular formula is C18H19N3O4. The summed E-state index contributed by atoms with van der Waals surface area (Å²) in [5.74, 6) is 1.21. The molecule has 0 bridgehead atoms. The predicted octanol–water partition coefficient (Wildman–Crippen LogP) is 1.86. The number of carbonyl (C=O) groups is 1. The van der Waals surface area contributed by atoms with Crippen LogP contribution in [0.25, 0.3) is 10.8 Å². The number of nitrogens with zero attached hydrogens (tertiary/aromatic N) is 1. The predicted molar refractivity (Wildman–Crippen MR) is 93.4 cm³/mol. The van der Waals surface area contributed by atoms with Crippen molar-refractivity contribution in [3.63, 3.8) is 0 Å². The lowest BCUT2D eigenvalue weighted by Gasteiger charge is -2.12. The van der Waals surface area contributed by atoms with Crippen LogP contribution < -0.4 is 16.4 Å². The van der Waals surface area contributed by atoms with Gasteiger partial charge in [0.2, 0.25) is 5.91 Å². The van der Waals surface area contributed by atoms with E-state index in [0.29, 0.717) is 16.5 Å². The molecule has 3 aromatic rings. The van der Waals surface area contributed by atoms with Crippen LogP contribution in [0.3, 0.4) is 0 Å². The first-order valence-corrected chi connectivity index (χ1v) is 8.03. The Labute approximate surface area is 143 Å². The Morgan fingerprint density at radius 1 is 1.20 bits per heavy atom. The van der Waals surface area contributed by atoms with Crippen LogP contribution in [0.5, 0.6) is 0 Å². The monoisotopic (exact) mass is 341 g/mol. The minimum atomic E-state index is -0.352. The van der Waals surface area contributed by atoms with Crippen molar-refractivity contribution in [2.45, 2.75) is 32.9 Å². The van der Waals surface area contributed by atoms with Gasteiger partial charge in [-0.05, 0) is 38.1 Å². The van der Waals surface area contributed by atoms with Crippen molar-refractivity contribution in [2.24, 2.45) is 0 Å². The van der Waals surface area contributed by atoms with Gasteiger partial charge in [0.05, 0.1) is 23.4 Å². The van der Waals surface area contributed by atoms with Gasteiger partial charge in [0, 0.05) is 6.42 Å². The van der Waals surface area contributed by atoms with Gasteiger partial charge in [-0.1, -0.05) is 12.1 Å². The second-order valence-corrected chi connectivity index (χ2v) is 5.93. The number of amides is 1. The lowest BCUT2D eigenvalue weighted by Crippen LogP contribution is -2.33. The third-order valence-electron chi connectivity index (χ3n) is 4.01. The molecule has 25 heavy (non-hydrogen) atoms. The standard InChI is InChI=1S/C18H19N3O4/c1-11-7-8-15(25-11)12(2)19-16(22)9-10-21-18(24)14-6-4-3-5-13(14)17(23)20-21/h3-8,12H,9-10H2,1-2H3,(H,19,22)(H,20,23). The van der Waals surface area contributed by atoms with Gasteiger partial charge in [-0.25, -0.2) is 4.68 Å². The van der Waals surface area contributed by atoms with Crippen LogP contribution in [0.2, 0.25) is 0 Å². The molecule has 2 N–H and O–H groups in total. The number of fused-ring (bicyclic) bond motifs is 1. The molecule has 0 aliphatic carbocycles. The Hall–Kier alpha value is -3.09. The normalized spacial score (nSPS) is 12.2. The van der Waals surface area contributed by atoms with Crippen molar-refractivity contribution < 1.29 is 9.21 Å². The lowest BCUT2D eigenvalue weighted by molar-refractivity contribution is -0.122. The zero-order valence-corrected chi connectivity index (χ0v) is 14.0. The Morgan fingerprint density at radius 3 is 2.60 bits per heavy atom. The number of nitrogens with one attached hydrogen (secondary N) is 2. The van der Waals surface area contributed by atoms with Gasteiger partial charge in [-0.2, -0.15) is 0 Å². The summed E-state index contributed by atoms with van der Waals surface area (Å²) in [5, 5.41) is 6.00. The summed E-state index contributed by atoms with van der Waals surface area (Å²) in [7, 11) is 0. The van der Waals surface area contributed by atoms with Crippen molar-refractivity contribution in [3.8, 4) is 0 Å². The van der Waals surface area contributed by atoms with E-state index in [1.807, 2.05) is 26.0 Å². The molecule has 1 unspecified atom stereocenters. The van der Waals surface area contributed by atoms with E-state index in [0.717, 1.165) is 5.76 Å². The summed E-state index contributed by atoms with van der Waals surface area (Å²) in [4.78, 5) is 36.5. The summed E-state index contributed by atoms with van der Waals surface area (Å²) in [6.45, 7) is 3.75. The van der Waals surface area contributed by atoms with Crippen molar-refractivity contribution in [1.29, 1.82) is 0 Å². The quantitative estimate of drug-likeness (QED) is 0.740. The van der Waals surface area contributed by atoms with Gasteiger partial charge in [0.15, 0.2) is 0 Å². The molecule has 2 aromatic heterocycles. The fourth-order valence-corrected chi connectivity index (χ4v) is 2.69. The van der Waals surface area contributed by atoms with E-state index >= 15 is 0 Å². The number of aryl methyl sites for hydroxylation is 2. The molecular weight excluding hydrogens is 322 g/mol. The highest BCUT2D eigenvalue weighted by molar-refractivity contribution is 5.80. The zero-order valence-electron chi connectivity index (χ0n) is 14.0. The van der Waals surface area contributed by atoms with Crippen LogP contribution in [0.15, 0.2) is 50.4 Å². The number of H-pyrrole nitrogens is 1. The summed E-state index contributed by atoms with van der Waals surface area (Å²) in [6.07, 6.45) is 0.0677. The maximum absolute atomic E-state index is 12.4. The highest BCUT2D eigenvalue weighted by Gasteiger charge is 2.13. The van der Waals surface area contributed by atoms with Crippen molar-refractivity contribution >= 4 is 16.7 Å². The first-order chi connectivity index (χ1) is 12.0. The molecule has 1 amide bonds. The maximum atomic E-state index is 12.4. The van der Waals surface area contributed by atoms with Gasteiger partial charge in [0.25, 0.3) is 11.1 Å². The summed E-state index contributed by atoms with van der Waals surface area (Å²) < 4.78 is 6.65. The molecule has 130 valence electrons. The Bertz CT molecular complexity index is 1030. The van der Waals surface area contributed by atoms with Crippen LogP contribution in [0.4, 0.5) is 0 Å². The van der Waals surface area contributed by atoms with Gasteiger partial charge >= 0.3 is 0 Å². The van der Waals surface area contributed by atoms with E-state index < -0.39 is 0 Å². The van der Waals surface area contributed by atoms with Crippen LogP contribution in [-0.4, -0.2) is 15.7 Å². The Balaban J connectivity index is 1.70. The fraction of sp³-hybridized carbons (Fsp3) is 0.278. The topological polar surface area (TPSA) is 97.1 Å². The molecule has 0 aliphatic rings. The van der Waals surface area contributed by atoms with Gasteiger partial charge in [0.1, 0.15) is 11.5 Å². The first kappa shape index (κ1) is 16.8. The highest BCUT2D eigenvalue weighted by Crippen LogP contribution is 2.15. The average molecular weight is 341 g/mol. The second kappa shape index (κ2) is 6.80. The summed E-state index contributed by atoms with van der Waals surface area (Å²) in [5.41, 5.74) is -0.673. The number of furan rings is 1. The number of aromatic nitrogens is 2. The highest BCUT2D eigenvalue weighted by atomic mass is 16.3. The van der Waals surface area contributed by atoms with Gasteiger partial charge < -0.3 is 9.73 Å².